The number of imidazole rings is 1. The molecule has 6 nitrogen and oxygen atoms in total. The number of piperidine rings is 1. The quantitative estimate of drug-likeness (QED) is 0.833. The highest BCUT2D eigenvalue weighted by molar-refractivity contribution is 5.91. The summed E-state index contributed by atoms with van der Waals surface area (Å²) in [5.41, 5.74) is 0. The monoisotopic (exact) mass is 278 g/mol. The van der Waals surface area contributed by atoms with Crippen molar-refractivity contribution in [1.29, 1.82) is 0 Å². The molecule has 110 valence electrons. The minimum atomic E-state index is -0.447. The van der Waals surface area contributed by atoms with Crippen molar-refractivity contribution in [1.82, 2.24) is 19.4 Å². The summed E-state index contributed by atoms with van der Waals surface area (Å²) in [6.45, 7) is 3.08. The molecule has 0 aromatic carbocycles. The van der Waals surface area contributed by atoms with Crippen LogP contribution >= 0.6 is 0 Å². The number of rotatable bonds is 2. The maximum Gasteiger partial charge on any atom is 0.289 e. The third-order valence-corrected chi connectivity index (χ3v) is 4.42. The van der Waals surface area contributed by atoms with E-state index in [1.54, 1.807) is 21.9 Å². The third-order valence-electron chi connectivity index (χ3n) is 4.42. The van der Waals surface area contributed by atoms with Gasteiger partial charge < -0.3 is 14.6 Å². The maximum absolute atomic E-state index is 12.4. The van der Waals surface area contributed by atoms with Crippen LogP contribution in [0.5, 0.6) is 0 Å². The van der Waals surface area contributed by atoms with Crippen molar-refractivity contribution in [3.63, 3.8) is 0 Å². The Bertz CT molecular complexity index is 481. The van der Waals surface area contributed by atoms with Crippen molar-refractivity contribution in [3.8, 4) is 0 Å². The van der Waals surface area contributed by atoms with E-state index in [-0.39, 0.29) is 11.9 Å². The zero-order valence-electron chi connectivity index (χ0n) is 11.9. The van der Waals surface area contributed by atoms with E-state index in [1.807, 2.05) is 7.05 Å². The van der Waals surface area contributed by atoms with Crippen LogP contribution in [0.1, 0.15) is 29.9 Å². The van der Waals surface area contributed by atoms with Crippen molar-refractivity contribution in [2.75, 3.05) is 26.2 Å². The summed E-state index contributed by atoms with van der Waals surface area (Å²) >= 11 is 0. The van der Waals surface area contributed by atoms with Gasteiger partial charge in [-0.1, -0.05) is 6.42 Å². The lowest BCUT2D eigenvalue weighted by Gasteiger charge is -2.33. The molecule has 1 amide bonds. The second-order valence-electron chi connectivity index (χ2n) is 5.80. The van der Waals surface area contributed by atoms with E-state index in [0.717, 1.165) is 13.1 Å². The van der Waals surface area contributed by atoms with Crippen LogP contribution in [0, 0.1) is 0 Å². The summed E-state index contributed by atoms with van der Waals surface area (Å²) in [5.74, 6) is 0.354. The molecule has 0 unspecified atom stereocenters. The number of hydrogen-bond donors (Lipinski definition) is 1. The van der Waals surface area contributed by atoms with Gasteiger partial charge in [0.15, 0.2) is 5.82 Å². The Morgan fingerprint density at radius 3 is 2.70 bits per heavy atom. The number of carbonyl (C=O) groups is 1. The van der Waals surface area contributed by atoms with E-state index in [4.69, 9.17) is 0 Å². The van der Waals surface area contributed by atoms with Crippen LogP contribution < -0.4 is 0 Å². The number of amides is 1. The highest BCUT2D eigenvalue weighted by atomic mass is 16.3. The molecule has 6 heteroatoms. The number of aliphatic hydroxyl groups is 1. The standard InChI is InChI=1S/C14H22N4O2/c1-16-8-5-15-13(16)14(20)18-9-11(12(19)10-18)17-6-3-2-4-7-17/h5,8,11-12,19H,2-4,6-7,9-10H2,1H3/t11-,12-/m0/s1. The summed E-state index contributed by atoms with van der Waals surface area (Å²) in [7, 11) is 1.81. The van der Waals surface area contributed by atoms with Crippen molar-refractivity contribution in [2.45, 2.75) is 31.4 Å². The van der Waals surface area contributed by atoms with Gasteiger partial charge in [0.1, 0.15) is 0 Å². The van der Waals surface area contributed by atoms with Crippen LogP contribution in [-0.4, -0.2) is 68.7 Å². The van der Waals surface area contributed by atoms with Gasteiger partial charge in [-0.2, -0.15) is 0 Å². The van der Waals surface area contributed by atoms with E-state index < -0.39 is 6.10 Å². The normalized spacial score (nSPS) is 28.0. The average Bonchev–Trinajstić information content (AvgIpc) is 3.05. The first kappa shape index (κ1) is 13.6. The summed E-state index contributed by atoms with van der Waals surface area (Å²) in [4.78, 5) is 20.6. The Kier molecular flexibility index (Phi) is 3.76. The third kappa shape index (κ3) is 2.45. The van der Waals surface area contributed by atoms with E-state index in [1.165, 1.54) is 19.3 Å². The largest absolute Gasteiger partial charge is 0.390 e. The molecule has 20 heavy (non-hydrogen) atoms. The van der Waals surface area contributed by atoms with Crippen LogP contribution in [0.4, 0.5) is 0 Å². The lowest BCUT2D eigenvalue weighted by atomic mass is 10.1. The molecular weight excluding hydrogens is 256 g/mol. The first-order valence-corrected chi connectivity index (χ1v) is 7.35. The van der Waals surface area contributed by atoms with Gasteiger partial charge in [-0.25, -0.2) is 4.98 Å². The zero-order chi connectivity index (χ0) is 14.1. The molecule has 2 aliphatic rings. The van der Waals surface area contributed by atoms with Crippen molar-refractivity contribution < 1.29 is 9.90 Å². The number of aromatic nitrogens is 2. The molecule has 2 atom stereocenters. The van der Waals surface area contributed by atoms with Gasteiger partial charge >= 0.3 is 0 Å². The van der Waals surface area contributed by atoms with Crippen LogP contribution in [0.2, 0.25) is 0 Å². The van der Waals surface area contributed by atoms with E-state index in [2.05, 4.69) is 9.88 Å². The van der Waals surface area contributed by atoms with Crippen LogP contribution in [0.15, 0.2) is 12.4 Å². The summed E-state index contributed by atoms with van der Waals surface area (Å²) < 4.78 is 1.73. The fourth-order valence-corrected chi connectivity index (χ4v) is 3.26. The zero-order valence-corrected chi connectivity index (χ0v) is 11.9. The van der Waals surface area contributed by atoms with E-state index in [0.29, 0.717) is 18.9 Å². The van der Waals surface area contributed by atoms with Gasteiger partial charge in [0, 0.05) is 32.5 Å². The van der Waals surface area contributed by atoms with Gasteiger partial charge in [-0.3, -0.25) is 9.69 Å². The molecular formula is C14H22N4O2. The smallest absolute Gasteiger partial charge is 0.289 e. The molecule has 2 aliphatic heterocycles. The second kappa shape index (κ2) is 5.54. The molecule has 0 saturated carbocycles. The highest BCUT2D eigenvalue weighted by Crippen LogP contribution is 2.21. The molecule has 0 spiro atoms. The van der Waals surface area contributed by atoms with Crippen LogP contribution in [-0.2, 0) is 7.05 Å². The van der Waals surface area contributed by atoms with E-state index in [9.17, 15) is 9.90 Å². The predicted octanol–water partition coefficient (Wildman–Crippen LogP) is 0.0913. The molecule has 3 rings (SSSR count). The van der Waals surface area contributed by atoms with Gasteiger partial charge in [-0.15, -0.1) is 0 Å². The molecule has 0 aliphatic carbocycles. The second-order valence-corrected chi connectivity index (χ2v) is 5.80. The van der Waals surface area contributed by atoms with Crippen LogP contribution in [0.25, 0.3) is 0 Å². The lowest BCUT2D eigenvalue weighted by molar-refractivity contribution is 0.0701. The fourth-order valence-electron chi connectivity index (χ4n) is 3.26. The van der Waals surface area contributed by atoms with Crippen molar-refractivity contribution >= 4 is 5.91 Å². The fraction of sp³-hybridized carbons (Fsp3) is 0.714. The van der Waals surface area contributed by atoms with Crippen LogP contribution in [0.3, 0.4) is 0 Å². The number of aryl methyl sites for hydroxylation is 1. The molecule has 1 N–H and O–H groups in total. The van der Waals surface area contributed by atoms with Crippen molar-refractivity contribution in [2.24, 2.45) is 7.05 Å². The number of aliphatic hydroxyl groups excluding tert-OH is 1. The molecule has 1 aromatic rings. The Morgan fingerprint density at radius 1 is 1.30 bits per heavy atom. The Balaban J connectivity index is 1.68. The topological polar surface area (TPSA) is 61.6 Å². The van der Waals surface area contributed by atoms with E-state index >= 15 is 0 Å². The number of nitrogens with zero attached hydrogens (tertiary/aromatic N) is 4. The predicted molar refractivity (Wildman–Crippen MR) is 74.3 cm³/mol. The van der Waals surface area contributed by atoms with Gasteiger partial charge in [-0.05, 0) is 25.9 Å². The molecule has 3 heterocycles. The summed E-state index contributed by atoms with van der Waals surface area (Å²) in [6, 6.07) is 0.0829. The Hall–Kier alpha value is -1.40. The highest BCUT2D eigenvalue weighted by Gasteiger charge is 2.38. The number of carbonyl (C=O) groups excluding carboxylic acids is 1. The number of likely N-dealkylation sites (tertiary alicyclic amines) is 2. The number of β-amino-alcohol motifs (C(OH)–C–C–N with tert-alkyl or cyclic N) is 1. The molecule has 2 saturated heterocycles. The minimum Gasteiger partial charge on any atom is -0.390 e. The minimum absolute atomic E-state index is 0.0829. The first-order valence-electron chi connectivity index (χ1n) is 7.35. The molecule has 2 fully saturated rings. The molecule has 1 aromatic heterocycles. The summed E-state index contributed by atoms with van der Waals surface area (Å²) in [5, 5.41) is 10.3. The Morgan fingerprint density at radius 2 is 2.05 bits per heavy atom. The average molecular weight is 278 g/mol. The van der Waals surface area contributed by atoms with Gasteiger partial charge in [0.05, 0.1) is 12.1 Å². The first-order chi connectivity index (χ1) is 9.66. The van der Waals surface area contributed by atoms with Crippen molar-refractivity contribution in [3.05, 3.63) is 18.2 Å². The molecule has 0 bridgehead atoms. The van der Waals surface area contributed by atoms with Gasteiger partial charge in [0.2, 0.25) is 0 Å². The number of hydrogen-bond acceptors (Lipinski definition) is 4. The Labute approximate surface area is 119 Å². The van der Waals surface area contributed by atoms with Gasteiger partial charge in [0.25, 0.3) is 5.91 Å². The molecule has 0 radical (unpaired) electrons. The summed E-state index contributed by atoms with van der Waals surface area (Å²) in [6.07, 6.45) is 6.60. The maximum atomic E-state index is 12.4. The SMILES string of the molecule is Cn1ccnc1C(=O)N1C[C@H](O)[C@@H](N2CCCCC2)C1. The lowest BCUT2D eigenvalue weighted by Crippen LogP contribution is -2.46.